The number of hydrogen-bond donors (Lipinski definition) is 1. The maximum atomic E-state index is 4.20. The van der Waals surface area contributed by atoms with Crippen molar-refractivity contribution in [3.8, 4) is 0 Å². The summed E-state index contributed by atoms with van der Waals surface area (Å²) in [7, 11) is 0. The molecule has 0 amide bonds. The summed E-state index contributed by atoms with van der Waals surface area (Å²) in [4.78, 5) is 0. The molecule has 0 fully saturated rings. The van der Waals surface area contributed by atoms with Gasteiger partial charge >= 0.3 is 0 Å². The van der Waals surface area contributed by atoms with Gasteiger partial charge in [0, 0.05) is 15.3 Å². The van der Waals surface area contributed by atoms with Gasteiger partial charge in [-0.2, -0.15) is 10.2 Å². The standard InChI is InChI=1S/C17H13BrN4/c18-15(10-13-6-2-1-3-7-13)12-20-22-17-16-9-5-4-8-14(16)11-19-21-17/h1-12H,(H,21,22)/b15-10-,20-12+. The lowest BCUT2D eigenvalue weighted by Gasteiger charge is -2.02. The highest BCUT2D eigenvalue weighted by atomic mass is 79.9. The molecule has 108 valence electrons. The van der Waals surface area contributed by atoms with Crippen molar-refractivity contribution in [2.75, 3.05) is 5.43 Å². The van der Waals surface area contributed by atoms with Crippen LogP contribution in [-0.4, -0.2) is 16.4 Å². The molecule has 0 atom stereocenters. The number of benzene rings is 2. The van der Waals surface area contributed by atoms with Gasteiger partial charge in [-0.1, -0.05) is 54.6 Å². The zero-order valence-electron chi connectivity index (χ0n) is 11.6. The Bertz CT molecular complexity index is 823. The molecule has 0 aliphatic rings. The van der Waals surface area contributed by atoms with E-state index in [9.17, 15) is 0 Å². The number of anilines is 1. The number of nitrogens with zero attached hydrogens (tertiary/aromatic N) is 3. The third-order valence-electron chi connectivity index (χ3n) is 3.03. The molecule has 1 heterocycles. The molecule has 5 heteroatoms. The molecule has 0 radical (unpaired) electrons. The van der Waals surface area contributed by atoms with Crippen molar-refractivity contribution in [1.29, 1.82) is 0 Å². The van der Waals surface area contributed by atoms with E-state index in [-0.39, 0.29) is 0 Å². The van der Waals surface area contributed by atoms with Crippen molar-refractivity contribution < 1.29 is 0 Å². The zero-order chi connectivity index (χ0) is 15.2. The van der Waals surface area contributed by atoms with Gasteiger partial charge in [0.2, 0.25) is 0 Å². The number of allylic oxidation sites excluding steroid dienone is 1. The molecule has 0 spiro atoms. The average molecular weight is 353 g/mol. The Morgan fingerprint density at radius 1 is 1.05 bits per heavy atom. The van der Waals surface area contributed by atoms with Crippen LogP contribution in [0, 0.1) is 0 Å². The maximum Gasteiger partial charge on any atom is 0.176 e. The Labute approximate surface area is 136 Å². The number of hydrogen-bond acceptors (Lipinski definition) is 4. The van der Waals surface area contributed by atoms with Crippen LogP contribution in [0.3, 0.4) is 0 Å². The van der Waals surface area contributed by atoms with E-state index < -0.39 is 0 Å². The van der Waals surface area contributed by atoms with Crippen molar-refractivity contribution in [1.82, 2.24) is 10.2 Å². The molecular weight excluding hydrogens is 340 g/mol. The first kappa shape index (κ1) is 14.4. The molecule has 1 aromatic heterocycles. The Balaban J connectivity index is 1.75. The smallest absolute Gasteiger partial charge is 0.176 e. The van der Waals surface area contributed by atoms with Gasteiger partial charge in [0.15, 0.2) is 5.82 Å². The molecule has 22 heavy (non-hydrogen) atoms. The topological polar surface area (TPSA) is 50.2 Å². The van der Waals surface area contributed by atoms with Crippen LogP contribution in [0.4, 0.5) is 5.82 Å². The SMILES string of the molecule is BrC(=C\c1ccccc1)/C=N/Nc1nncc2ccccc12. The molecule has 0 saturated carbocycles. The number of rotatable bonds is 4. The van der Waals surface area contributed by atoms with Gasteiger partial charge in [0.25, 0.3) is 0 Å². The molecule has 0 aliphatic carbocycles. The third kappa shape index (κ3) is 3.56. The summed E-state index contributed by atoms with van der Waals surface area (Å²) in [6.45, 7) is 0. The maximum absolute atomic E-state index is 4.20. The van der Waals surface area contributed by atoms with Crippen LogP contribution in [0.25, 0.3) is 16.8 Å². The summed E-state index contributed by atoms with van der Waals surface area (Å²) in [6.07, 6.45) is 5.41. The quantitative estimate of drug-likeness (QED) is 0.556. The van der Waals surface area contributed by atoms with Crippen molar-refractivity contribution in [3.05, 3.63) is 70.8 Å². The number of halogens is 1. The monoisotopic (exact) mass is 352 g/mol. The molecule has 3 rings (SSSR count). The highest BCUT2D eigenvalue weighted by Gasteiger charge is 2.00. The van der Waals surface area contributed by atoms with Gasteiger partial charge in [-0.05, 0) is 27.6 Å². The first-order chi connectivity index (χ1) is 10.8. The van der Waals surface area contributed by atoms with Crippen LogP contribution in [0.2, 0.25) is 0 Å². The number of nitrogens with one attached hydrogen (secondary N) is 1. The lowest BCUT2D eigenvalue weighted by Crippen LogP contribution is -1.95. The predicted molar refractivity (Wildman–Crippen MR) is 95.0 cm³/mol. The van der Waals surface area contributed by atoms with E-state index in [1.54, 1.807) is 12.4 Å². The van der Waals surface area contributed by atoms with Crippen molar-refractivity contribution >= 4 is 44.8 Å². The fourth-order valence-corrected chi connectivity index (χ4v) is 2.38. The van der Waals surface area contributed by atoms with Gasteiger partial charge in [-0.15, -0.1) is 5.10 Å². The lowest BCUT2D eigenvalue weighted by atomic mass is 10.2. The van der Waals surface area contributed by atoms with Gasteiger partial charge < -0.3 is 0 Å². The highest BCUT2D eigenvalue weighted by Crippen LogP contribution is 2.19. The molecule has 0 bridgehead atoms. The normalized spacial score (nSPS) is 12.0. The second kappa shape index (κ2) is 6.95. The van der Waals surface area contributed by atoms with Crippen LogP contribution < -0.4 is 5.43 Å². The van der Waals surface area contributed by atoms with Gasteiger partial charge in [-0.25, -0.2) is 0 Å². The van der Waals surface area contributed by atoms with E-state index in [0.717, 1.165) is 20.8 Å². The molecule has 4 nitrogen and oxygen atoms in total. The Morgan fingerprint density at radius 3 is 2.68 bits per heavy atom. The minimum absolute atomic E-state index is 0.634. The van der Waals surface area contributed by atoms with E-state index in [4.69, 9.17) is 0 Å². The number of aromatic nitrogens is 2. The Kier molecular flexibility index (Phi) is 4.56. The summed E-state index contributed by atoms with van der Waals surface area (Å²) in [5, 5.41) is 14.2. The summed E-state index contributed by atoms with van der Waals surface area (Å²) < 4.78 is 0.861. The number of hydrazone groups is 1. The third-order valence-corrected chi connectivity index (χ3v) is 3.47. The highest BCUT2D eigenvalue weighted by molar-refractivity contribution is 9.12. The first-order valence-electron chi connectivity index (χ1n) is 6.75. The minimum atomic E-state index is 0.634. The number of fused-ring (bicyclic) bond motifs is 1. The molecule has 0 saturated heterocycles. The Hall–Kier alpha value is -2.53. The second-order valence-corrected chi connectivity index (χ2v) is 5.51. The van der Waals surface area contributed by atoms with Crippen LogP contribution in [0.5, 0.6) is 0 Å². The van der Waals surface area contributed by atoms with E-state index in [1.165, 1.54) is 0 Å². The van der Waals surface area contributed by atoms with Crippen molar-refractivity contribution in [3.63, 3.8) is 0 Å². The second-order valence-electron chi connectivity index (χ2n) is 4.59. The summed E-state index contributed by atoms with van der Waals surface area (Å²) in [5.74, 6) is 0.634. The van der Waals surface area contributed by atoms with E-state index in [1.807, 2.05) is 60.7 Å². The predicted octanol–water partition coefficient (Wildman–Crippen LogP) is 4.46. The average Bonchev–Trinajstić information content (AvgIpc) is 2.56. The van der Waals surface area contributed by atoms with Crippen molar-refractivity contribution in [2.45, 2.75) is 0 Å². The molecule has 1 N–H and O–H groups in total. The largest absolute Gasteiger partial charge is 0.259 e. The Morgan fingerprint density at radius 2 is 1.82 bits per heavy atom. The first-order valence-corrected chi connectivity index (χ1v) is 7.54. The minimum Gasteiger partial charge on any atom is -0.259 e. The van der Waals surface area contributed by atoms with Crippen LogP contribution in [-0.2, 0) is 0 Å². The molecular formula is C17H13BrN4. The zero-order valence-corrected chi connectivity index (χ0v) is 13.2. The van der Waals surface area contributed by atoms with E-state index in [2.05, 4.69) is 36.7 Å². The lowest BCUT2D eigenvalue weighted by molar-refractivity contribution is 1.04. The van der Waals surface area contributed by atoms with E-state index >= 15 is 0 Å². The van der Waals surface area contributed by atoms with E-state index in [0.29, 0.717) is 5.82 Å². The fraction of sp³-hybridized carbons (Fsp3) is 0. The van der Waals surface area contributed by atoms with Crippen molar-refractivity contribution in [2.24, 2.45) is 5.10 Å². The fourth-order valence-electron chi connectivity index (χ4n) is 2.01. The summed E-state index contributed by atoms with van der Waals surface area (Å²) >= 11 is 3.47. The molecule has 0 aliphatic heterocycles. The molecule has 2 aromatic carbocycles. The van der Waals surface area contributed by atoms with Crippen LogP contribution >= 0.6 is 15.9 Å². The summed E-state index contributed by atoms with van der Waals surface area (Å²) in [6, 6.07) is 17.9. The van der Waals surface area contributed by atoms with Gasteiger partial charge in [0.1, 0.15) is 0 Å². The molecule has 0 unspecified atom stereocenters. The summed E-state index contributed by atoms with van der Waals surface area (Å²) in [5.41, 5.74) is 4.03. The van der Waals surface area contributed by atoms with Crippen LogP contribution in [0.15, 0.2) is 70.4 Å². The van der Waals surface area contributed by atoms with Crippen LogP contribution in [0.1, 0.15) is 5.56 Å². The molecule has 3 aromatic rings. The van der Waals surface area contributed by atoms with Gasteiger partial charge in [0.05, 0.1) is 12.4 Å². The van der Waals surface area contributed by atoms with Gasteiger partial charge in [-0.3, -0.25) is 5.43 Å².